The average Bonchev–Trinajstić information content (AvgIpc) is 2.66. The fraction of sp³-hybridized carbons (Fsp3) is 0.222. The van der Waals surface area contributed by atoms with Crippen molar-refractivity contribution in [1.29, 1.82) is 0 Å². The van der Waals surface area contributed by atoms with Crippen molar-refractivity contribution in [2.45, 2.75) is 0 Å². The van der Waals surface area contributed by atoms with Crippen molar-refractivity contribution in [2.24, 2.45) is 0 Å². The quantitative estimate of drug-likeness (QED) is 0.823. The number of nitrogens with one attached hydrogen (secondary N) is 1. The summed E-state index contributed by atoms with van der Waals surface area (Å²) in [4.78, 5) is 24.5. The van der Waals surface area contributed by atoms with Gasteiger partial charge >= 0.3 is 5.97 Å². The van der Waals surface area contributed by atoms with Crippen LogP contribution in [-0.4, -0.2) is 39.3 Å². The van der Waals surface area contributed by atoms with E-state index in [4.69, 9.17) is 14.2 Å². The molecule has 1 heterocycles. The second-order valence-electron chi connectivity index (χ2n) is 5.46. The van der Waals surface area contributed by atoms with E-state index in [1.54, 1.807) is 0 Å². The molecule has 2 aromatic carbocycles. The van der Waals surface area contributed by atoms with Crippen LogP contribution in [0.15, 0.2) is 24.3 Å². The lowest BCUT2D eigenvalue weighted by atomic mass is 10.1. The maximum Gasteiger partial charge on any atom is 0.340 e. The van der Waals surface area contributed by atoms with Gasteiger partial charge in [-0.1, -0.05) is 0 Å². The van der Waals surface area contributed by atoms with E-state index in [1.165, 1.54) is 19.2 Å². The monoisotopic (exact) mass is 379 g/mol. The summed E-state index contributed by atoms with van der Waals surface area (Å²) in [6, 6.07) is 4.40. The van der Waals surface area contributed by atoms with E-state index in [0.29, 0.717) is 24.7 Å². The fourth-order valence-corrected chi connectivity index (χ4v) is 2.55. The molecule has 0 saturated heterocycles. The lowest BCUT2D eigenvalue weighted by Gasteiger charge is -2.21. The first-order chi connectivity index (χ1) is 12.9. The number of rotatable bonds is 4. The van der Waals surface area contributed by atoms with E-state index < -0.39 is 29.3 Å². The molecule has 0 spiro atoms. The molecule has 0 aromatic heterocycles. The number of ether oxygens (including phenoxy) is 4. The molecule has 1 aliphatic rings. The van der Waals surface area contributed by atoms with Crippen molar-refractivity contribution < 1.29 is 37.3 Å². The van der Waals surface area contributed by atoms with Crippen molar-refractivity contribution in [1.82, 2.24) is 0 Å². The number of fused-ring (bicyclic) bond motifs is 1. The largest absolute Gasteiger partial charge is 0.491 e. The maximum absolute atomic E-state index is 13.8. The molecule has 1 amide bonds. The van der Waals surface area contributed by atoms with Gasteiger partial charge in [-0.3, -0.25) is 4.79 Å². The summed E-state index contributed by atoms with van der Waals surface area (Å²) in [5, 5.41) is 2.43. The van der Waals surface area contributed by atoms with Gasteiger partial charge in [0.15, 0.2) is 28.9 Å². The second kappa shape index (κ2) is 7.48. The zero-order valence-electron chi connectivity index (χ0n) is 14.4. The predicted molar refractivity (Wildman–Crippen MR) is 89.6 cm³/mol. The minimum Gasteiger partial charge on any atom is -0.491 e. The maximum atomic E-state index is 13.8. The van der Waals surface area contributed by atoms with Crippen LogP contribution in [-0.2, 0) is 4.74 Å². The number of hydrogen-bond acceptors (Lipinski definition) is 6. The smallest absolute Gasteiger partial charge is 0.340 e. The molecule has 0 aliphatic carbocycles. The lowest BCUT2D eigenvalue weighted by molar-refractivity contribution is 0.0601. The van der Waals surface area contributed by atoms with Gasteiger partial charge in [0.1, 0.15) is 13.2 Å². The Morgan fingerprint density at radius 2 is 1.59 bits per heavy atom. The molecule has 7 nitrogen and oxygen atoms in total. The zero-order chi connectivity index (χ0) is 19.6. The number of carbonyl (C=O) groups excluding carboxylic acids is 2. The van der Waals surface area contributed by atoms with Crippen LogP contribution in [0.5, 0.6) is 17.2 Å². The van der Waals surface area contributed by atoms with Crippen LogP contribution in [0, 0.1) is 11.6 Å². The number of methoxy groups -OCH3 is 2. The van der Waals surface area contributed by atoms with Crippen LogP contribution in [0.2, 0.25) is 0 Å². The van der Waals surface area contributed by atoms with Crippen LogP contribution >= 0.6 is 0 Å². The average molecular weight is 379 g/mol. The van der Waals surface area contributed by atoms with Gasteiger partial charge < -0.3 is 24.3 Å². The molecule has 2 aromatic rings. The van der Waals surface area contributed by atoms with Crippen molar-refractivity contribution in [3.05, 3.63) is 47.0 Å². The molecule has 0 radical (unpaired) electrons. The Bertz CT molecular complexity index is 892. The highest BCUT2D eigenvalue weighted by atomic mass is 19.1. The van der Waals surface area contributed by atoms with E-state index in [-0.39, 0.29) is 16.8 Å². The number of anilines is 1. The van der Waals surface area contributed by atoms with E-state index in [0.717, 1.165) is 19.2 Å². The molecule has 3 rings (SSSR count). The number of hydrogen-bond donors (Lipinski definition) is 1. The molecule has 1 N–H and O–H groups in total. The predicted octanol–water partition coefficient (Wildman–Crippen LogP) is 2.78. The van der Waals surface area contributed by atoms with Gasteiger partial charge in [-0.25, -0.2) is 13.6 Å². The van der Waals surface area contributed by atoms with E-state index in [2.05, 4.69) is 10.1 Å². The summed E-state index contributed by atoms with van der Waals surface area (Å²) < 4.78 is 47.8. The first-order valence-electron chi connectivity index (χ1n) is 7.81. The Kier molecular flexibility index (Phi) is 5.11. The van der Waals surface area contributed by atoms with Crippen molar-refractivity contribution in [3.8, 4) is 17.2 Å². The Morgan fingerprint density at radius 3 is 2.15 bits per heavy atom. The van der Waals surface area contributed by atoms with Gasteiger partial charge in [0.25, 0.3) is 5.91 Å². The third-order valence-electron chi connectivity index (χ3n) is 3.80. The molecule has 1 aliphatic heterocycles. The van der Waals surface area contributed by atoms with Gasteiger partial charge in [0.2, 0.25) is 0 Å². The Hall–Kier alpha value is -3.36. The fourth-order valence-electron chi connectivity index (χ4n) is 2.55. The van der Waals surface area contributed by atoms with Gasteiger partial charge in [-0.2, -0.15) is 0 Å². The number of carbonyl (C=O) groups is 2. The molecule has 0 atom stereocenters. The summed E-state index contributed by atoms with van der Waals surface area (Å²) in [7, 11) is 2.29. The first-order valence-corrected chi connectivity index (χ1v) is 7.81. The molecular weight excluding hydrogens is 364 g/mol. The normalized spacial score (nSPS) is 12.3. The number of benzene rings is 2. The number of esters is 1. The van der Waals surface area contributed by atoms with Crippen molar-refractivity contribution in [2.75, 3.05) is 32.8 Å². The lowest BCUT2D eigenvalue weighted by Crippen LogP contribution is -2.19. The van der Waals surface area contributed by atoms with Crippen LogP contribution in [0.3, 0.4) is 0 Å². The Morgan fingerprint density at radius 1 is 1.00 bits per heavy atom. The van der Waals surface area contributed by atoms with Gasteiger partial charge in [-0.15, -0.1) is 0 Å². The summed E-state index contributed by atoms with van der Waals surface area (Å²) in [6.45, 7) is 0.608. The summed E-state index contributed by atoms with van der Waals surface area (Å²) in [5.41, 5.74) is -0.242. The van der Waals surface area contributed by atoms with Gasteiger partial charge in [0.05, 0.1) is 25.5 Å². The molecule has 0 fully saturated rings. The van der Waals surface area contributed by atoms with Crippen LogP contribution < -0.4 is 19.5 Å². The van der Waals surface area contributed by atoms with Crippen molar-refractivity contribution in [3.63, 3.8) is 0 Å². The highest BCUT2D eigenvalue weighted by Crippen LogP contribution is 2.36. The van der Waals surface area contributed by atoms with Crippen LogP contribution in [0.25, 0.3) is 0 Å². The van der Waals surface area contributed by atoms with Crippen LogP contribution in [0.1, 0.15) is 20.7 Å². The second-order valence-corrected chi connectivity index (χ2v) is 5.46. The third kappa shape index (κ3) is 3.62. The standard InChI is InChI=1S/C18H15F2NO6/c1-24-16-11(19)5-9(6-12(16)20)17(22)21-13-8-15-14(26-3-4-27-15)7-10(13)18(23)25-2/h5-8H,3-4H2,1-2H3,(H,21,22). The van der Waals surface area contributed by atoms with E-state index in [9.17, 15) is 18.4 Å². The molecule has 0 bridgehead atoms. The Balaban J connectivity index is 1.97. The third-order valence-corrected chi connectivity index (χ3v) is 3.80. The molecule has 142 valence electrons. The minimum absolute atomic E-state index is 0.00422. The van der Waals surface area contributed by atoms with Gasteiger partial charge in [0, 0.05) is 17.7 Å². The highest BCUT2D eigenvalue weighted by molar-refractivity contribution is 6.08. The topological polar surface area (TPSA) is 83.1 Å². The molecule has 9 heteroatoms. The van der Waals surface area contributed by atoms with E-state index in [1.807, 2.05) is 0 Å². The highest BCUT2D eigenvalue weighted by Gasteiger charge is 2.23. The van der Waals surface area contributed by atoms with Crippen LogP contribution in [0.4, 0.5) is 14.5 Å². The molecular formula is C18H15F2NO6. The summed E-state index contributed by atoms with van der Waals surface area (Å²) >= 11 is 0. The minimum atomic E-state index is -1.03. The number of halogens is 2. The SMILES string of the molecule is COC(=O)c1cc2c(cc1NC(=O)c1cc(F)c(OC)c(F)c1)OCCO2. The molecule has 27 heavy (non-hydrogen) atoms. The summed E-state index contributed by atoms with van der Waals surface area (Å²) in [6.07, 6.45) is 0. The number of amides is 1. The molecule has 0 unspecified atom stereocenters. The van der Waals surface area contributed by atoms with E-state index >= 15 is 0 Å². The Labute approximate surface area is 152 Å². The zero-order valence-corrected chi connectivity index (χ0v) is 14.4. The first kappa shape index (κ1) is 18.4. The summed E-state index contributed by atoms with van der Waals surface area (Å²) in [5.74, 6) is -3.58. The molecule has 0 saturated carbocycles. The van der Waals surface area contributed by atoms with Gasteiger partial charge in [-0.05, 0) is 12.1 Å². The van der Waals surface area contributed by atoms with Crippen molar-refractivity contribution >= 4 is 17.6 Å².